The number of benzene rings is 1. The van der Waals surface area contributed by atoms with E-state index < -0.39 is 0 Å². The third kappa shape index (κ3) is 4.86. The summed E-state index contributed by atoms with van der Waals surface area (Å²) >= 11 is 0. The van der Waals surface area contributed by atoms with Gasteiger partial charge in [0.1, 0.15) is 0 Å². The molecule has 0 radical (unpaired) electrons. The maximum absolute atomic E-state index is 4.85. The highest BCUT2D eigenvalue weighted by Gasteiger charge is 2.13. The lowest BCUT2D eigenvalue weighted by atomic mass is 10.1. The van der Waals surface area contributed by atoms with Crippen molar-refractivity contribution in [2.75, 3.05) is 26.2 Å². The molecule has 0 spiro atoms. The number of likely N-dealkylation sites (tertiary alicyclic amines) is 1. The van der Waals surface area contributed by atoms with E-state index >= 15 is 0 Å². The molecule has 3 heterocycles. The van der Waals surface area contributed by atoms with E-state index in [9.17, 15) is 0 Å². The Balaban J connectivity index is 1.41. The van der Waals surface area contributed by atoms with Crippen LogP contribution in [0.15, 0.2) is 61.1 Å². The van der Waals surface area contributed by atoms with Crippen LogP contribution >= 0.6 is 0 Å². The molecular formula is C23H29N5. The van der Waals surface area contributed by atoms with Gasteiger partial charge in [0.25, 0.3) is 0 Å². The van der Waals surface area contributed by atoms with Crippen LogP contribution in [0, 0.1) is 0 Å². The fourth-order valence-corrected chi connectivity index (χ4v) is 3.83. The molecule has 0 amide bonds. The monoisotopic (exact) mass is 375 g/mol. The summed E-state index contributed by atoms with van der Waals surface area (Å²) in [5.74, 6) is 0. The second kappa shape index (κ2) is 9.62. The van der Waals surface area contributed by atoms with Crippen LogP contribution in [0.3, 0.4) is 0 Å². The average molecular weight is 376 g/mol. The molecule has 0 atom stereocenters. The lowest BCUT2D eigenvalue weighted by Crippen LogP contribution is -2.32. The van der Waals surface area contributed by atoms with Crippen molar-refractivity contribution in [3.05, 3.63) is 66.6 Å². The van der Waals surface area contributed by atoms with Gasteiger partial charge in [-0.2, -0.15) is 5.10 Å². The first-order valence-corrected chi connectivity index (χ1v) is 10.4. The third-order valence-corrected chi connectivity index (χ3v) is 5.34. The van der Waals surface area contributed by atoms with Crippen LogP contribution in [0.2, 0.25) is 0 Å². The number of hydrogen-bond acceptors (Lipinski definition) is 4. The van der Waals surface area contributed by atoms with Crippen LogP contribution in [-0.2, 0) is 6.54 Å². The smallest absolute Gasteiger partial charge is 0.0988 e. The highest BCUT2D eigenvalue weighted by molar-refractivity contribution is 5.62. The highest BCUT2D eigenvalue weighted by atomic mass is 15.3. The molecule has 0 bridgehead atoms. The summed E-state index contributed by atoms with van der Waals surface area (Å²) in [4.78, 5) is 6.87. The Morgan fingerprint density at radius 2 is 1.82 bits per heavy atom. The molecule has 1 fully saturated rings. The zero-order valence-corrected chi connectivity index (χ0v) is 16.4. The molecule has 1 aliphatic heterocycles. The van der Waals surface area contributed by atoms with Gasteiger partial charge in [0.15, 0.2) is 0 Å². The molecule has 5 heteroatoms. The van der Waals surface area contributed by atoms with Gasteiger partial charge in [-0.1, -0.05) is 24.6 Å². The minimum absolute atomic E-state index is 0.817. The number of para-hydroxylation sites is 1. The minimum Gasteiger partial charge on any atom is -0.312 e. The van der Waals surface area contributed by atoms with Gasteiger partial charge in [0, 0.05) is 36.3 Å². The van der Waals surface area contributed by atoms with Gasteiger partial charge < -0.3 is 10.2 Å². The summed E-state index contributed by atoms with van der Waals surface area (Å²) in [6.07, 6.45) is 11.1. The number of pyridine rings is 1. The molecule has 3 aromatic rings. The topological polar surface area (TPSA) is 46.0 Å². The van der Waals surface area contributed by atoms with Gasteiger partial charge in [-0.25, -0.2) is 4.68 Å². The average Bonchev–Trinajstić information content (AvgIpc) is 3.20. The Labute approximate surface area is 167 Å². The van der Waals surface area contributed by atoms with Crippen LogP contribution in [0.1, 0.15) is 31.2 Å². The molecule has 1 saturated heterocycles. The molecule has 146 valence electrons. The molecule has 0 aliphatic carbocycles. The fourth-order valence-electron chi connectivity index (χ4n) is 3.83. The van der Waals surface area contributed by atoms with Crippen molar-refractivity contribution in [3.8, 4) is 16.9 Å². The second-order valence-electron chi connectivity index (χ2n) is 7.46. The van der Waals surface area contributed by atoms with E-state index in [1.165, 1.54) is 50.9 Å². The van der Waals surface area contributed by atoms with Gasteiger partial charge in [0.2, 0.25) is 0 Å². The first kappa shape index (κ1) is 18.8. The van der Waals surface area contributed by atoms with E-state index in [0.717, 1.165) is 30.0 Å². The molecule has 1 aromatic carbocycles. The number of nitrogens with one attached hydrogen (secondary N) is 1. The Morgan fingerprint density at radius 3 is 2.61 bits per heavy atom. The lowest BCUT2D eigenvalue weighted by Gasteiger charge is -2.26. The molecule has 0 saturated carbocycles. The Hall–Kier alpha value is -2.50. The zero-order valence-electron chi connectivity index (χ0n) is 16.4. The van der Waals surface area contributed by atoms with E-state index in [0.29, 0.717) is 0 Å². The molecule has 5 nitrogen and oxygen atoms in total. The van der Waals surface area contributed by atoms with E-state index in [1.807, 2.05) is 35.1 Å². The van der Waals surface area contributed by atoms with Crippen molar-refractivity contribution in [1.82, 2.24) is 25.0 Å². The van der Waals surface area contributed by atoms with Crippen molar-refractivity contribution in [2.45, 2.75) is 32.2 Å². The molecule has 2 aromatic heterocycles. The van der Waals surface area contributed by atoms with E-state index in [4.69, 9.17) is 5.10 Å². The number of nitrogens with zero attached hydrogens (tertiary/aromatic N) is 4. The van der Waals surface area contributed by atoms with Gasteiger partial charge >= 0.3 is 0 Å². The van der Waals surface area contributed by atoms with Crippen molar-refractivity contribution >= 4 is 0 Å². The predicted molar refractivity (Wildman–Crippen MR) is 113 cm³/mol. The van der Waals surface area contributed by atoms with Crippen LogP contribution in [0.4, 0.5) is 0 Å². The Bertz CT molecular complexity index is 838. The quantitative estimate of drug-likeness (QED) is 0.607. The van der Waals surface area contributed by atoms with Crippen LogP contribution in [0.5, 0.6) is 0 Å². The first-order chi connectivity index (χ1) is 13.9. The maximum Gasteiger partial charge on any atom is 0.0988 e. The lowest BCUT2D eigenvalue weighted by molar-refractivity contribution is 0.225. The largest absolute Gasteiger partial charge is 0.312 e. The number of rotatable bonds is 8. The fraction of sp³-hybridized carbons (Fsp3) is 0.391. The van der Waals surface area contributed by atoms with Crippen molar-refractivity contribution < 1.29 is 0 Å². The third-order valence-electron chi connectivity index (χ3n) is 5.34. The summed E-state index contributed by atoms with van der Waals surface area (Å²) in [5, 5.41) is 8.47. The predicted octanol–water partition coefficient (Wildman–Crippen LogP) is 3.90. The standard InChI is InChI=1S/C23H29N5/c1-3-10-22(11-4-1)28-19-21(23(26-28)20-9-7-12-24-17-20)18-25-13-8-16-27-14-5-2-6-15-27/h1,3-4,7,9-12,17,19,25H,2,5-6,8,13-16,18H2. The van der Waals surface area contributed by atoms with E-state index in [-0.39, 0.29) is 0 Å². The number of piperidine rings is 1. The van der Waals surface area contributed by atoms with Crippen molar-refractivity contribution in [1.29, 1.82) is 0 Å². The first-order valence-electron chi connectivity index (χ1n) is 10.4. The second-order valence-corrected chi connectivity index (χ2v) is 7.46. The molecule has 0 unspecified atom stereocenters. The minimum atomic E-state index is 0.817. The van der Waals surface area contributed by atoms with Crippen molar-refractivity contribution in [3.63, 3.8) is 0 Å². The summed E-state index contributed by atoms with van der Waals surface area (Å²) in [5.41, 5.74) is 4.33. The highest BCUT2D eigenvalue weighted by Crippen LogP contribution is 2.23. The van der Waals surface area contributed by atoms with Gasteiger partial charge in [0.05, 0.1) is 11.4 Å². The van der Waals surface area contributed by atoms with Crippen LogP contribution in [0.25, 0.3) is 16.9 Å². The molecule has 28 heavy (non-hydrogen) atoms. The summed E-state index contributed by atoms with van der Waals surface area (Å²) < 4.78 is 1.97. The van der Waals surface area contributed by atoms with Gasteiger partial charge in [-0.05, 0) is 69.7 Å². The molecule has 4 rings (SSSR count). The molecule has 1 aliphatic rings. The Morgan fingerprint density at radius 1 is 0.964 bits per heavy atom. The summed E-state index contributed by atoms with van der Waals surface area (Å²) in [7, 11) is 0. The maximum atomic E-state index is 4.85. The van der Waals surface area contributed by atoms with Gasteiger partial charge in [-0.15, -0.1) is 0 Å². The van der Waals surface area contributed by atoms with E-state index in [2.05, 4.69) is 39.6 Å². The number of aromatic nitrogens is 3. The van der Waals surface area contributed by atoms with Crippen LogP contribution < -0.4 is 5.32 Å². The van der Waals surface area contributed by atoms with Gasteiger partial charge in [-0.3, -0.25) is 4.98 Å². The SMILES string of the molecule is c1ccc(-n2cc(CNCCCN3CCCCC3)c(-c3cccnc3)n2)cc1. The van der Waals surface area contributed by atoms with E-state index in [1.54, 1.807) is 6.20 Å². The number of hydrogen-bond donors (Lipinski definition) is 1. The summed E-state index contributed by atoms with van der Waals surface area (Å²) in [6.45, 7) is 5.59. The Kier molecular flexibility index (Phi) is 6.48. The molecule has 1 N–H and O–H groups in total. The van der Waals surface area contributed by atoms with Crippen molar-refractivity contribution in [2.24, 2.45) is 0 Å². The summed E-state index contributed by atoms with van der Waals surface area (Å²) in [6, 6.07) is 14.3. The normalized spacial score (nSPS) is 15.0. The molecular weight excluding hydrogens is 346 g/mol. The van der Waals surface area contributed by atoms with Crippen LogP contribution in [-0.4, -0.2) is 45.8 Å². The zero-order chi connectivity index (χ0) is 19.0.